The topological polar surface area (TPSA) is 46.2 Å². The summed E-state index contributed by atoms with van der Waals surface area (Å²) in [6.07, 6.45) is 6.65. The lowest BCUT2D eigenvalue weighted by Gasteiger charge is -2.09. The quantitative estimate of drug-likeness (QED) is 0.555. The highest BCUT2D eigenvalue weighted by atomic mass is 16.2. The van der Waals surface area contributed by atoms with Gasteiger partial charge in [-0.3, -0.25) is 0 Å². The van der Waals surface area contributed by atoms with Gasteiger partial charge in [0.05, 0.1) is 0 Å². The summed E-state index contributed by atoms with van der Waals surface area (Å²) in [5.74, 6) is 0. The lowest BCUT2D eigenvalue weighted by molar-refractivity contribution is 0.280. The Balaban J connectivity index is 3.02. The van der Waals surface area contributed by atoms with E-state index in [0.29, 0.717) is 12.6 Å². The Morgan fingerprint density at radius 1 is 1.18 bits per heavy atom. The summed E-state index contributed by atoms with van der Waals surface area (Å²) in [5, 5.41) is 8.51. The fourth-order valence-corrected chi connectivity index (χ4v) is 1.13. The predicted octanol–water partition coefficient (Wildman–Crippen LogP) is 1.67. The van der Waals surface area contributed by atoms with Crippen molar-refractivity contribution in [1.29, 1.82) is 0 Å². The molecule has 1 unspecified atom stereocenters. The van der Waals surface area contributed by atoms with E-state index in [0.717, 1.165) is 25.7 Å². The molecule has 68 valence electrons. The standard InChI is InChI=1S/C9H21NO/c1-2-3-6-9(10)7-4-5-8-11/h9,11H,2-8,10H2,1H3. The number of aliphatic hydroxyl groups is 1. The van der Waals surface area contributed by atoms with E-state index in [2.05, 4.69) is 6.92 Å². The summed E-state index contributed by atoms with van der Waals surface area (Å²) in [7, 11) is 0. The van der Waals surface area contributed by atoms with E-state index in [-0.39, 0.29) is 0 Å². The second kappa shape index (κ2) is 8.02. The molecule has 0 aromatic heterocycles. The first-order valence-corrected chi connectivity index (χ1v) is 4.67. The van der Waals surface area contributed by atoms with Gasteiger partial charge in [-0.15, -0.1) is 0 Å². The molecule has 0 spiro atoms. The Hall–Kier alpha value is -0.0800. The van der Waals surface area contributed by atoms with Crippen molar-refractivity contribution in [3.8, 4) is 0 Å². The highest BCUT2D eigenvalue weighted by Crippen LogP contribution is 2.05. The van der Waals surface area contributed by atoms with Crippen molar-refractivity contribution >= 4 is 0 Å². The lowest BCUT2D eigenvalue weighted by atomic mass is 10.0. The van der Waals surface area contributed by atoms with Crippen LogP contribution in [0.1, 0.15) is 45.4 Å². The molecule has 0 aliphatic rings. The summed E-state index contributed by atoms with van der Waals surface area (Å²) in [6.45, 7) is 2.49. The zero-order valence-corrected chi connectivity index (χ0v) is 7.55. The van der Waals surface area contributed by atoms with Gasteiger partial charge in [0.1, 0.15) is 0 Å². The van der Waals surface area contributed by atoms with Crippen LogP contribution in [-0.4, -0.2) is 17.8 Å². The van der Waals surface area contributed by atoms with Crippen LogP contribution < -0.4 is 5.73 Å². The van der Waals surface area contributed by atoms with Crippen LogP contribution >= 0.6 is 0 Å². The average Bonchev–Trinajstić information content (AvgIpc) is 2.01. The SMILES string of the molecule is CCCCC(N)CCCCO. The molecule has 0 bridgehead atoms. The van der Waals surface area contributed by atoms with E-state index >= 15 is 0 Å². The van der Waals surface area contributed by atoms with Gasteiger partial charge in [-0.25, -0.2) is 0 Å². The van der Waals surface area contributed by atoms with Crippen molar-refractivity contribution in [3.05, 3.63) is 0 Å². The van der Waals surface area contributed by atoms with Crippen molar-refractivity contribution < 1.29 is 5.11 Å². The van der Waals surface area contributed by atoms with Gasteiger partial charge in [-0.1, -0.05) is 19.8 Å². The number of rotatable bonds is 7. The maximum Gasteiger partial charge on any atom is 0.0431 e. The Kier molecular flexibility index (Phi) is 7.96. The Bertz CT molecular complexity index is 76.0. The normalized spacial score (nSPS) is 13.4. The van der Waals surface area contributed by atoms with Gasteiger partial charge in [0.25, 0.3) is 0 Å². The molecule has 0 saturated carbocycles. The third-order valence-electron chi connectivity index (χ3n) is 1.91. The zero-order chi connectivity index (χ0) is 8.53. The van der Waals surface area contributed by atoms with E-state index in [4.69, 9.17) is 10.8 Å². The maximum atomic E-state index is 8.51. The Morgan fingerprint density at radius 3 is 2.36 bits per heavy atom. The molecule has 3 N–H and O–H groups in total. The minimum absolute atomic E-state index is 0.306. The van der Waals surface area contributed by atoms with Gasteiger partial charge < -0.3 is 10.8 Å². The first kappa shape index (κ1) is 10.9. The number of unbranched alkanes of at least 4 members (excludes halogenated alkanes) is 2. The van der Waals surface area contributed by atoms with E-state index in [1.165, 1.54) is 12.8 Å². The molecule has 1 atom stereocenters. The molecular weight excluding hydrogens is 138 g/mol. The maximum absolute atomic E-state index is 8.51. The Labute approximate surface area is 69.8 Å². The van der Waals surface area contributed by atoms with Gasteiger partial charge in [0.15, 0.2) is 0 Å². The van der Waals surface area contributed by atoms with E-state index in [1.807, 2.05) is 0 Å². The lowest BCUT2D eigenvalue weighted by Crippen LogP contribution is -2.19. The van der Waals surface area contributed by atoms with Crippen LogP contribution in [0.15, 0.2) is 0 Å². The first-order valence-electron chi connectivity index (χ1n) is 4.67. The summed E-state index contributed by atoms with van der Waals surface area (Å²) < 4.78 is 0. The van der Waals surface area contributed by atoms with Crippen LogP contribution in [0, 0.1) is 0 Å². The minimum atomic E-state index is 0.306. The Morgan fingerprint density at radius 2 is 1.82 bits per heavy atom. The molecule has 0 aromatic rings. The van der Waals surface area contributed by atoms with Gasteiger partial charge in [-0.2, -0.15) is 0 Å². The molecule has 0 fully saturated rings. The van der Waals surface area contributed by atoms with E-state index < -0.39 is 0 Å². The fourth-order valence-electron chi connectivity index (χ4n) is 1.13. The average molecular weight is 159 g/mol. The van der Waals surface area contributed by atoms with Crippen molar-refractivity contribution in [2.75, 3.05) is 6.61 Å². The van der Waals surface area contributed by atoms with Crippen molar-refractivity contribution in [2.24, 2.45) is 5.73 Å². The van der Waals surface area contributed by atoms with Crippen LogP contribution in [0.4, 0.5) is 0 Å². The smallest absolute Gasteiger partial charge is 0.0431 e. The van der Waals surface area contributed by atoms with Gasteiger partial charge >= 0.3 is 0 Å². The van der Waals surface area contributed by atoms with Crippen LogP contribution in [-0.2, 0) is 0 Å². The molecule has 0 aromatic carbocycles. The summed E-state index contributed by atoms with van der Waals surface area (Å²) >= 11 is 0. The minimum Gasteiger partial charge on any atom is -0.396 e. The number of aliphatic hydroxyl groups excluding tert-OH is 1. The number of hydrogen-bond acceptors (Lipinski definition) is 2. The molecule has 0 rings (SSSR count). The molecule has 0 saturated heterocycles. The van der Waals surface area contributed by atoms with Crippen LogP contribution in [0.25, 0.3) is 0 Å². The monoisotopic (exact) mass is 159 g/mol. The summed E-state index contributed by atoms with van der Waals surface area (Å²) in [5.41, 5.74) is 5.82. The van der Waals surface area contributed by atoms with E-state index in [1.54, 1.807) is 0 Å². The molecule has 0 radical (unpaired) electrons. The third-order valence-corrected chi connectivity index (χ3v) is 1.91. The van der Waals surface area contributed by atoms with Crippen molar-refractivity contribution in [1.82, 2.24) is 0 Å². The fraction of sp³-hybridized carbons (Fsp3) is 1.00. The van der Waals surface area contributed by atoms with Crippen LogP contribution in [0.3, 0.4) is 0 Å². The molecule has 0 amide bonds. The molecular formula is C9H21NO. The largest absolute Gasteiger partial charge is 0.396 e. The van der Waals surface area contributed by atoms with Crippen molar-refractivity contribution in [2.45, 2.75) is 51.5 Å². The van der Waals surface area contributed by atoms with Gasteiger partial charge in [0, 0.05) is 12.6 Å². The van der Waals surface area contributed by atoms with Gasteiger partial charge in [0.2, 0.25) is 0 Å². The zero-order valence-electron chi connectivity index (χ0n) is 7.55. The van der Waals surface area contributed by atoms with Gasteiger partial charge in [-0.05, 0) is 25.7 Å². The molecule has 0 aliphatic heterocycles. The van der Waals surface area contributed by atoms with Crippen molar-refractivity contribution in [3.63, 3.8) is 0 Å². The summed E-state index contributed by atoms with van der Waals surface area (Å²) in [6, 6.07) is 0.362. The van der Waals surface area contributed by atoms with E-state index in [9.17, 15) is 0 Å². The number of hydrogen-bond donors (Lipinski definition) is 2. The van der Waals surface area contributed by atoms with Crippen LogP contribution in [0.5, 0.6) is 0 Å². The molecule has 0 aliphatic carbocycles. The second-order valence-corrected chi connectivity index (χ2v) is 3.12. The summed E-state index contributed by atoms with van der Waals surface area (Å²) in [4.78, 5) is 0. The number of nitrogens with two attached hydrogens (primary N) is 1. The first-order chi connectivity index (χ1) is 5.31. The molecule has 0 heterocycles. The highest BCUT2D eigenvalue weighted by molar-refractivity contribution is 4.60. The third kappa shape index (κ3) is 7.82. The molecule has 2 heteroatoms. The highest BCUT2D eigenvalue weighted by Gasteiger charge is 2.00. The predicted molar refractivity (Wildman–Crippen MR) is 48.4 cm³/mol. The second-order valence-electron chi connectivity index (χ2n) is 3.12. The van der Waals surface area contributed by atoms with Crippen LogP contribution in [0.2, 0.25) is 0 Å². The molecule has 2 nitrogen and oxygen atoms in total. The molecule has 11 heavy (non-hydrogen) atoms.